The zero-order chi connectivity index (χ0) is 16.8. The number of halogens is 1. The topological polar surface area (TPSA) is 70.2 Å². The van der Waals surface area contributed by atoms with Gasteiger partial charge in [0.25, 0.3) is 0 Å². The van der Waals surface area contributed by atoms with Gasteiger partial charge in [0.15, 0.2) is 0 Å². The second kappa shape index (κ2) is 9.64. The number of anilines is 2. The molecule has 0 aromatic heterocycles. The molecule has 1 aliphatic heterocycles. The van der Waals surface area contributed by atoms with Gasteiger partial charge in [-0.05, 0) is 56.5 Å². The van der Waals surface area contributed by atoms with Gasteiger partial charge in [-0.3, -0.25) is 9.59 Å². The molecule has 5 nitrogen and oxygen atoms in total. The smallest absolute Gasteiger partial charge is 0.227 e. The minimum Gasteiger partial charge on any atom is -0.326 e. The first-order valence-corrected chi connectivity index (χ1v) is 8.38. The van der Waals surface area contributed by atoms with E-state index in [4.69, 9.17) is 0 Å². The summed E-state index contributed by atoms with van der Waals surface area (Å²) in [5.74, 6) is 0.494. The van der Waals surface area contributed by atoms with Crippen molar-refractivity contribution in [2.75, 3.05) is 17.2 Å². The molecule has 2 atom stereocenters. The Balaban J connectivity index is 0.00000288. The normalized spacial score (nSPS) is 20.2. The minimum absolute atomic E-state index is 0. The molecule has 134 valence electrons. The van der Waals surface area contributed by atoms with Gasteiger partial charge < -0.3 is 16.0 Å². The van der Waals surface area contributed by atoms with Crippen LogP contribution in [0.15, 0.2) is 24.3 Å². The van der Waals surface area contributed by atoms with Crippen LogP contribution in [0.1, 0.15) is 40.0 Å². The van der Waals surface area contributed by atoms with Crippen molar-refractivity contribution >= 4 is 35.6 Å². The van der Waals surface area contributed by atoms with Gasteiger partial charge in [0, 0.05) is 29.8 Å². The maximum absolute atomic E-state index is 12.3. The van der Waals surface area contributed by atoms with Crippen molar-refractivity contribution < 1.29 is 9.59 Å². The Kier molecular flexibility index (Phi) is 8.22. The molecule has 0 saturated carbocycles. The molecule has 1 fully saturated rings. The molecular formula is C18H28ClN3O2. The number of amides is 2. The molecule has 1 aromatic rings. The maximum Gasteiger partial charge on any atom is 0.227 e. The van der Waals surface area contributed by atoms with Crippen LogP contribution in [-0.2, 0) is 9.59 Å². The van der Waals surface area contributed by atoms with Crippen molar-refractivity contribution in [1.29, 1.82) is 0 Å². The molecule has 1 heterocycles. The third-order valence-electron chi connectivity index (χ3n) is 4.02. The lowest BCUT2D eigenvalue weighted by molar-refractivity contribution is -0.121. The molecule has 3 N–H and O–H groups in total. The highest BCUT2D eigenvalue weighted by atomic mass is 35.5. The molecule has 24 heavy (non-hydrogen) atoms. The first-order valence-electron chi connectivity index (χ1n) is 8.38. The lowest BCUT2D eigenvalue weighted by atomic mass is 9.92. The van der Waals surface area contributed by atoms with Crippen molar-refractivity contribution in [3.8, 4) is 0 Å². The fourth-order valence-electron chi connectivity index (χ4n) is 2.83. The molecule has 0 bridgehead atoms. The first kappa shape index (κ1) is 20.5. The van der Waals surface area contributed by atoms with E-state index in [2.05, 4.69) is 22.9 Å². The quantitative estimate of drug-likeness (QED) is 0.759. The van der Waals surface area contributed by atoms with E-state index in [1.807, 2.05) is 38.1 Å². The highest BCUT2D eigenvalue weighted by Gasteiger charge is 2.24. The highest BCUT2D eigenvalue weighted by Crippen LogP contribution is 2.20. The van der Waals surface area contributed by atoms with Crippen molar-refractivity contribution in [2.24, 2.45) is 11.8 Å². The van der Waals surface area contributed by atoms with Gasteiger partial charge in [-0.2, -0.15) is 0 Å². The average molecular weight is 354 g/mol. The van der Waals surface area contributed by atoms with E-state index in [0.29, 0.717) is 18.4 Å². The van der Waals surface area contributed by atoms with Crippen LogP contribution in [-0.4, -0.2) is 24.4 Å². The summed E-state index contributed by atoms with van der Waals surface area (Å²) in [6.07, 6.45) is 2.25. The summed E-state index contributed by atoms with van der Waals surface area (Å²) in [5, 5.41) is 9.18. The van der Waals surface area contributed by atoms with Gasteiger partial charge in [-0.1, -0.05) is 13.8 Å². The summed E-state index contributed by atoms with van der Waals surface area (Å²) in [6, 6.07) is 7.68. The van der Waals surface area contributed by atoms with Gasteiger partial charge in [0.05, 0.1) is 0 Å². The van der Waals surface area contributed by atoms with E-state index in [1.54, 1.807) is 0 Å². The summed E-state index contributed by atoms with van der Waals surface area (Å²) in [7, 11) is 0. The second-order valence-corrected chi connectivity index (χ2v) is 6.79. The number of nitrogens with one attached hydrogen (secondary N) is 3. The molecule has 6 heteroatoms. The van der Waals surface area contributed by atoms with Crippen molar-refractivity contribution in [3.63, 3.8) is 0 Å². The average Bonchev–Trinajstić information content (AvgIpc) is 2.48. The molecule has 0 spiro atoms. The van der Waals surface area contributed by atoms with E-state index >= 15 is 0 Å². The third kappa shape index (κ3) is 6.49. The number of carbonyl (C=O) groups excluding carboxylic acids is 2. The van der Waals surface area contributed by atoms with Crippen LogP contribution in [0.2, 0.25) is 0 Å². The third-order valence-corrected chi connectivity index (χ3v) is 4.02. The number of piperidine rings is 1. The molecule has 0 radical (unpaired) electrons. The summed E-state index contributed by atoms with van der Waals surface area (Å²) >= 11 is 0. The lowest BCUT2D eigenvalue weighted by Gasteiger charge is -2.27. The van der Waals surface area contributed by atoms with Crippen molar-refractivity contribution in [2.45, 2.75) is 46.1 Å². The van der Waals surface area contributed by atoms with E-state index in [1.165, 1.54) is 0 Å². The van der Waals surface area contributed by atoms with Crippen LogP contribution in [0.3, 0.4) is 0 Å². The van der Waals surface area contributed by atoms with Crippen LogP contribution in [0.5, 0.6) is 0 Å². The standard InChI is InChI=1S/C18H27N3O2.ClH/c1-12(2)10-17(22)20-15-4-6-16(7-5-15)21-18(23)14-8-9-19-13(3)11-14;/h4-7,12-14,19H,8-11H2,1-3H3,(H,20,22)(H,21,23);1H/t13-,14-;/m0./s1. The van der Waals surface area contributed by atoms with E-state index in [-0.39, 0.29) is 30.1 Å². The second-order valence-electron chi connectivity index (χ2n) is 6.79. The van der Waals surface area contributed by atoms with Crippen molar-refractivity contribution in [3.05, 3.63) is 24.3 Å². The fraction of sp³-hybridized carbons (Fsp3) is 0.556. The van der Waals surface area contributed by atoms with Gasteiger partial charge in [-0.25, -0.2) is 0 Å². The van der Waals surface area contributed by atoms with Crippen LogP contribution in [0.4, 0.5) is 11.4 Å². The van der Waals surface area contributed by atoms with E-state index in [0.717, 1.165) is 30.8 Å². The monoisotopic (exact) mass is 353 g/mol. The zero-order valence-electron chi connectivity index (χ0n) is 14.6. The van der Waals surface area contributed by atoms with Crippen LogP contribution in [0, 0.1) is 11.8 Å². The van der Waals surface area contributed by atoms with Gasteiger partial charge in [0.1, 0.15) is 0 Å². The molecular weight excluding hydrogens is 326 g/mol. The van der Waals surface area contributed by atoms with Crippen molar-refractivity contribution in [1.82, 2.24) is 5.32 Å². The van der Waals surface area contributed by atoms with Gasteiger partial charge in [-0.15, -0.1) is 12.4 Å². The van der Waals surface area contributed by atoms with Crippen LogP contribution >= 0.6 is 12.4 Å². The Labute approximate surface area is 150 Å². The molecule has 0 unspecified atom stereocenters. The van der Waals surface area contributed by atoms with E-state index in [9.17, 15) is 9.59 Å². The summed E-state index contributed by atoms with van der Waals surface area (Å²) < 4.78 is 0. The van der Waals surface area contributed by atoms with Crippen LogP contribution < -0.4 is 16.0 Å². The Morgan fingerprint density at radius 2 is 1.75 bits per heavy atom. The minimum atomic E-state index is 0. The number of carbonyl (C=O) groups is 2. The van der Waals surface area contributed by atoms with E-state index < -0.39 is 0 Å². The van der Waals surface area contributed by atoms with Gasteiger partial charge >= 0.3 is 0 Å². The summed E-state index contributed by atoms with van der Waals surface area (Å²) in [6.45, 7) is 7.02. The largest absolute Gasteiger partial charge is 0.326 e. The Morgan fingerprint density at radius 3 is 2.29 bits per heavy atom. The molecule has 1 aromatic carbocycles. The molecule has 1 saturated heterocycles. The lowest BCUT2D eigenvalue weighted by Crippen LogP contribution is -2.40. The predicted octanol–water partition coefficient (Wildman–Crippen LogP) is 3.42. The number of hydrogen-bond acceptors (Lipinski definition) is 3. The molecule has 1 aliphatic rings. The Hall–Kier alpha value is -1.59. The first-order chi connectivity index (χ1) is 10.9. The van der Waals surface area contributed by atoms with Crippen LogP contribution in [0.25, 0.3) is 0 Å². The number of benzene rings is 1. The highest BCUT2D eigenvalue weighted by molar-refractivity contribution is 5.94. The predicted molar refractivity (Wildman–Crippen MR) is 101 cm³/mol. The molecule has 2 amide bonds. The Morgan fingerprint density at radius 1 is 1.17 bits per heavy atom. The summed E-state index contributed by atoms with van der Waals surface area (Å²) in [4.78, 5) is 24.0. The fourth-order valence-corrected chi connectivity index (χ4v) is 2.83. The molecule has 0 aliphatic carbocycles. The molecule has 2 rings (SSSR count). The maximum atomic E-state index is 12.3. The van der Waals surface area contributed by atoms with Gasteiger partial charge in [0.2, 0.25) is 11.8 Å². The summed E-state index contributed by atoms with van der Waals surface area (Å²) in [5.41, 5.74) is 1.52. The zero-order valence-corrected chi connectivity index (χ0v) is 15.4. The number of hydrogen-bond donors (Lipinski definition) is 3. The number of rotatable bonds is 5. The Bertz CT molecular complexity index is 546. The SMILES string of the molecule is CC(C)CC(=O)Nc1ccc(NC(=O)[C@H]2CCN[C@@H](C)C2)cc1.Cl.